The Balaban J connectivity index is 2.61. The van der Waals surface area contributed by atoms with Gasteiger partial charge >= 0.3 is 5.97 Å². The summed E-state index contributed by atoms with van der Waals surface area (Å²) in [6.07, 6.45) is 5.37. The summed E-state index contributed by atoms with van der Waals surface area (Å²) in [7, 11) is 0. The number of benzene rings is 1. The van der Waals surface area contributed by atoms with Crippen LogP contribution in [0.25, 0.3) is 0 Å². The summed E-state index contributed by atoms with van der Waals surface area (Å²) < 4.78 is 11.6. The summed E-state index contributed by atoms with van der Waals surface area (Å²) in [5.41, 5.74) is 1.21. The SMILES string of the molecule is C=CCC(CC=C)C(=O)OCC(CC(C)(C)C)OCc1ccccc1. The average molecular weight is 344 g/mol. The lowest BCUT2D eigenvalue weighted by Gasteiger charge is -2.26. The van der Waals surface area contributed by atoms with Gasteiger partial charge in [0, 0.05) is 0 Å². The van der Waals surface area contributed by atoms with Crippen molar-refractivity contribution in [2.75, 3.05) is 6.61 Å². The Morgan fingerprint density at radius 3 is 2.24 bits per heavy atom. The molecule has 0 fully saturated rings. The fraction of sp³-hybridized carbons (Fsp3) is 0.500. The molecule has 138 valence electrons. The number of allylic oxidation sites excluding steroid dienone is 2. The lowest BCUT2D eigenvalue weighted by molar-refractivity contribution is -0.154. The zero-order valence-corrected chi connectivity index (χ0v) is 15.9. The lowest BCUT2D eigenvalue weighted by Crippen LogP contribution is -2.29. The summed E-state index contributed by atoms with van der Waals surface area (Å²) in [4.78, 5) is 12.3. The zero-order chi connectivity index (χ0) is 18.7. The van der Waals surface area contributed by atoms with Gasteiger partial charge in [-0.15, -0.1) is 13.2 Å². The molecule has 1 rings (SSSR count). The Morgan fingerprint density at radius 1 is 1.12 bits per heavy atom. The molecule has 0 aliphatic carbocycles. The van der Waals surface area contributed by atoms with Gasteiger partial charge in [-0.05, 0) is 30.2 Å². The molecule has 0 amide bonds. The van der Waals surface area contributed by atoms with Crippen LogP contribution in [-0.2, 0) is 20.9 Å². The molecule has 1 atom stereocenters. The highest BCUT2D eigenvalue weighted by Gasteiger charge is 2.23. The Labute approximate surface area is 152 Å². The van der Waals surface area contributed by atoms with Crippen molar-refractivity contribution in [1.29, 1.82) is 0 Å². The van der Waals surface area contributed by atoms with Crippen LogP contribution in [0.1, 0.15) is 45.6 Å². The highest BCUT2D eigenvalue weighted by molar-refractivity contribution is 5.72. The van der Waals surface area contributed by atoms with Gasteiger partial charge in [-0.2, -0.15) is 0 Å². The molecule has 0 spiro atoms. The monoisotopic (exact) mass is 344 g/mol. The average Bonchev–Trinajstić information content (AvgIpc) is 2.56. The van der Waals surface area contributed by atoms with Crippen LogP contribution < -0.4 is 0 Å². The molecular formula is C22H32O3. The molecular weight excluding hydrogens is 312 g/mol. The minimum atomic E-state index is -0.209. The maximum Gasteiger partial charge on any atom is 0.309 e. The quantitative estimate of drug-likeness (QED) is 0.402. The van der Waals surface area contributed by atoms with Crippen LogP contribution >= 0.6 is 0 Å². The topological polar surface area (TPSA) is 35.5 Å². The first kappa shape index (κ1) is 21.2. The van der Waals surface area contributed by atoms with Gasteiger partial charge in [0.05, 0.1) is 18.6 Å². The number of carbonyl (C=O) groups excluding carboxylic acids is 1. The molecule has 1 aromatic rings. The van der Waals surface area contributed by atoms with Gasteiger partial charge in [0.25, 0.3) is 0 Å². The highest BCUT2D eigenvalue weighted by atomic mass is 16.6. The van der Waals surface area contributed by atoms with E-state index in [-0.39, 0.29) is 30.0 Å². The number of ether oxygens (including phenoxy) is 2. The molecule has 3 nitrogen and oxygen atoms in total. The van der Waals surface area contributed by atoms with Crippen molar-refractivity contribution in [2.45, 2.75) is 52.7 Å². The predicted molar refractivity (Wildman–Crippen MR) is 103 cm³/mol. The Bertz CT molecular complexity index is 518. The van der Waals surface area contributed by atoms with E-state index in [1.165, 1.54) is 0 Å². The molecule has 1 aromatic carbocycles. The van der Waals surface area contributed by atoms with Crippen molar-refractivity contribution in [3.8, 4) is 0 Å². The standard InChI is InChI=1S/C22H32O3/c1-6-11-19(12-7-2)21(23)25-17-20(15-22(3,4)5)24-16-18-13-9-8-10-14-18/h6-10,13-14,19-20H,1-2,11-12,15-17H2,3-5H3. The van der Waals surface area contributed by atoms with Gasteiger partial charge in [0.15, 0.2) is 0 Å². The van der Waals surface area contributed by atoms with E-state index >= 15 is 0 Å². The second-order valence-corrected chi connectivity index (χ2v) is 7.56. The number of hydrogen-bond acceptors (Lipinski definition) is 3. The first-order chi connectivity index (χ1) is 11.9. The largest absolute Gasteiger partial charge is 0.463 e. The third-order valence-corrected chi connectivity index (χ3v) is 3.82. The van der Waals surface area contributed by atoms with E-state index in [2.05, 4.69) is 33.9 Å². The van der Waals surface area contributed by atoms with Crippen molar-refractivity contribution in [3.05, 3.63) is 61.2 Å². The predicted octanol–water partition coefficient (Wildman–Crippen LogP) is 5.32. The van der Waals surface area contributed by atoms with E-state index in [9.17, 15) is 4.79 Å². The van der Waals surface area contributed by atoms with Gasteiger partial charge in [0.1, 0.15) is 6.61 Å². The smallest absolute Gasteiger partial charge is 0.309 e. The van der Waals surface area contributed by atoms with E-state index in [1.807, 2.05) is 30.3 Å². The van der Waals surface area contributed by atoms with E-state index in [0.717, 1.165) is 12.0 Å². The molecule has 0 radical (unpaired) electrons. The van der Waals surface area contributed by atoms with Gasteiger partial charge in [-0.3, -0.25) is 4.79 Å². The first-order valence-corrected chi connectivity index (χ1v) is 8.89. The van der Waals surface area contributed by atoms with E-state index in [1.54, 1.807) is 12.2 Å². The molecule has 0 bridgehead atoms. The maximum absolute atomic E-state index is 12.3. The molecule has 0 aliphatic heterocycles. The van der Waals surface area contributed by atoms with Crippen LogP contribution in [0.3, 0.4) is 0 Å². The van der Waals surface area contributed by atoms with Crippen LogP contribution in [-0.4, -0.2) is 18.7 Å². The Morgan fingerprint density at radius 2 is 1.72 bits per heavy atom. The third kappa shape index (κ3) is 9.25. The zero-order valence-electron chi connectivity index (χ0n) is 15.9. The molecule has 0 saturated carbocycles. The fourth-order valence-electron chi connectivity index (χ4n) is 2.62. The molecule has 0 aromatic heterocycles. The van der Waals surface area contributed by atoms with Crippen molar-refractivity contribution in [1.82, 2.24) is 0 Å². The maximum atomic E-state index is 12.3. The third-order valence-electron chi connectivity index (χ3n) is 3.82. The van der Waals surface area contributed by atoms with Crippen LogP contribution in [0.4, 0.5) is 0 Å². The Kier molecular flexibility index (Phi) is 9.22. The van der Waals surface area contributed by atoms with Crippen molar-refractivity contribution < 1.29 is 14.3 Å². The minimum absolute atomic E-state index is 0.0927. The van der Waals surface area contributed by atoms with Crippen molar-refractivity contribution in [2.24, 2.45) is 11.3 Å². The molecule has 3 heteroatoms. The van der Waals surface area contributed by atoms with Crippen molar-refractivity contribution >= 4 is 5.97 Å². The Hall–Kier alpha value is -1.87. The summed E-state index contributed by atoms with van der Waals surface area (Å²) >= 11 is 0. The van der Waals surface area contributed by atoms with E-state index in [4.69, 9.17) is 9.47 Å². The van der Waals surface area contributed by atoms with Crippen molar-refractivity contribution in [3.63, 3.8) is 0 Å². The number of rotatable bonds is 11. The molecule has 1 unspecified atom stereocenters. The van der Waals surface area contributed by atoms with Crippen LogP contribution in [0.5, 0.6) is 0 Å². The van der Waals surface area contributed by atoms with Crippen LogP contribution in [0, 0.1) is 11.3 Å². The van der Waals surface area contributed by atoms with Crippen LogP contribution in [0.2, 0.25) is 0 Å². The first-order valence-electron chi connectivity index (χ1n) is 8.89. The fourth-order valence-corrected chi connectivity index (χ4v) is 2.62. The van der Waals surface area contributed by atoms with Gasteiger partial charge in [0.2, 0.25) is 0 Å². The molecule has 25 heavy (non-hydrogen) atoms. The van der Waals surface area contributed by atoms with Crippen LogP contribution in [0.15, 0.2) is 55.6 Å². The number of hydrogen-bond donors (Lipinski definition) is 0. The summed E-state index contributed by atoms with van der Waals surface area (Å²) in [6.45, 7) is 14.7. The summed E-state index contributed by atoms with van der Waals surface area (Å²) in [5.74, 6) is -0.415. The highest BCUT2D eigenvalue weighted by Crippen LogP contribution is 2.24. The minimum Gasteiger partial charge on any atom is -0.463 e. The number of esters is 1. The molecule has 0 N–H and O–H groups in total. The van der Waals surface area contributed by atoms with E-state index in [0.29, 0.717) is 19.4 Å². The number of carbonyl (C=O) groups is 1. The van der Waals surface area contributed by atoms with E-state index < -0.39 is 0 Å². The van der Waals surface area contributed by atoms with Gasteiger partial charge in [-0.25, -0.2) is 0 Å². The molecule has 0 saturated heterocycles. The normalized spacial score (nSPS) is 12.6. The lowest BCUT2D eigenvalue weighted by atomic mass is 9.89. The second-order valence-electron chi connectivity index (χ2n) is 7.56. The summed E-state index contributed by atoms with van der Waals surface area (Å²) in [5, 5.41) is 0. The van der Waals surface area contributed by atoms with Gasteiger partial charge in [-0.1, -0.05) is 63.3 Å². The molecule has 0 heterocycles. The second kappa shape index (κ2) is 10.9. The summed E-state index contributed by atoms with van der Waals surface area (Å²) in [6, 6.07) is 10.0. The molecule has 0 aliphatic rings. The van der Waals surface area contributed by atoms with Gasteiger partial charge < -0.3 is 9.47 Å².